The van der Waals surface area contributed by atoms with Crippen LogP contribution >= 0.6 is 0 Å². The summed E-state index contributed by atoms with van der Waals surface area (Å²) < 4.78 is 31.9. The normalized spacial score (nSPS) is 25.1. The van der Waals surface area contributed by atoms with Crippen LogP contribution in [0.5, 0.6) is 0 Å². The first-order valence-corrected chi connectivity index (χ1v) is 5.23. The Morgan fingerprint density at radius 1 is 1.29 bits per heavy atom. The standard InChI is InChI=1S/C10H17F2NO/c1-14-5-4-13-6-9(7-13)10(11,12)8-2-3-8/h8-9H,2-7H2,1H3. The first-order valence-electron chi connectivity index (χ1n) is 5.23. The minimum absolute atomic E-state index is 0.308. The van der Waals surface area contributed by atoms with Crippen molar-refractivity contribution in [1.82, 2.24) is 4.90 Å². The fourth-order valence-electron chi connectivity index (χ4n) is 2.02. The summed E-state index contributed by atoms with van der Waals surface area (Å²) in [5.74, 6) is -3.10. The van der Waals surface area contributed by atoms with Gasteiger partial charge < -0.3 is 4.74 Å². The van der Waals surface area contributed by atoms with Crippen LogP contribution in [-0.2, 0) is 4.74 Å². The molecule has 4 heteroatoms. The van der Waals surface area contributed by atoms with E-state index in [9.17, 15) is 8.78 Å². The average molecular weight is 205 g/mol. The number of nitrogens with zero attached hydrogens (tertiary/aromatic N) is 1. The van der Waals surface area contributed by atoms with Gasteiger partial charge in [0, 0.05) is 38.6 Å². The van der Waals surface area contributed by atoms with Gasteiger partial charge in [-0.05, 0) is 12.8 Å². The second kappa shape index (κ2) is 3.74. The first-order chi connectivity index (χ1) is 6.64. The molecule has 1 aliphatic carbocycles. The van der Waals surface area contributed by atoms with Crippen LogP contribution in [0.1, 0.15) is 12.8 Å². The summed E-state index contributed by atoms with van der Waals surface area (Å²) in [7, 11) is 1.63. The summed E-state index contributed by atoms with van der Waals surface area (Å²) in [6.45, 7) is 2.52. The minimum Gasteiger partial charge on any atom is -0.383 e. The molecule has 14 heavy (non-hydrogen) atoms. The topological polar surface area (TPSA) is 12.5 Å². The van der Waals surface area contributed by atoms with Gasteiger partial charge in [0.2, 0.25) is 0 Å². The molecular weight excluding hydrogens is 188 g/mol. The molecule has 1 saturated carbocycles. The molecule has 1 heterocycles. The third kappa shape index (κ3) is 1.91. The van der Waals surface area contributed by atoms with Crippen molar-refractivity contribution in [3.63, 3.8) is 0 Å². The van der Waals surface area contributed by atoms with Gasteiger partial charge in [0.1, 0.15) is 0 Å². The van der Waals surface area contributed by atoms with Crippen molar-refractivity contribution in [3.05, 3.63) is 0 Å². The molecule has 2 rings (SSSR count). The second-order valence-electron chi connectivity index (χ2n) is 4.40. The van der Waals surface area contributed by atoms with E-state index in [0.29, 0.717) is 19.7 Å². The molecule has 0 amide bonds. The molecule has 0 atom stereocenters. The van der Waals surface area contributed by atoms with Crippen molar-refractivity contribution in [2.24, 2.45) is 11.8 Å². The van der Waals surface area contributed by atoms with E-state index in [0.717, 1.165) is 19.4 Å². The van der Waals surface area contributed by atoms with E-state index >= 15 is 0 Å². The van der Waals surface area contributed by atoms with Crippen molar-refractivity contribution < 1.29 is 13.5 Å². The monoisotopic (exact) mass is 205 g/mol. The molecule has 1 saturated heterocycles. The van der Waals surface area contributed by atoms with Crippen molar-refractivity contribution >= 4 is 0 Å². The number of methoxy groups -OCH3 is 1. The number of hydrogen-bond acceptors (Lipinski definition) is 2. The van der Waals surface area contributed by atoms with Gasteiger partial charge in [-0.25, -0.2) is 8.78 Å². The zero-order valence-corrected chi connectivity index (χ0v) is 8.51. The highest BCUT2D eigenvalue weighted by atomic mass is 19.3. The van der Waals surface area contributed by atoms with Gasteiger partial charge in [-0.3, -0.25) is 4.90 Å². The molecule has 0 aromatic rings. The lowest BCUT2D eigenvalue weighted by Crippen LogP contribution is -2.56. The van der Waals surface area contributed by atoms with Gasteiger partial charge in [-0.15, -0.1) is 0 Å². The van der Waals surface area contributed by atoms with E-state index in [1.54, 1.807) is 7.11 Å². The smallest absolute Gasteiger partial charge is 0.256 e. The number of halogens is 2. The Kier molecular flexibility index (Phi) is 2.75. The van der Waals surface area contributed by atoms with Crippen LogP contribution in [0.3, 0.4) is 0 Å². The maximum atomic E-state index is 13.5. The summed E-state index contributed by atoms with van der Waals surface area (Å²) >= 11 is 0. The van der Waals surface area contributed by atoms with E-state index in [2.05, 4.69) is 0 Å². The van der Waals surface area contributed by atoms with Crippen molar-refractivity contribution in [1.29, 1.82) is 0 Å². The highest BCUT2D eigenvalue weighted by Crippen LogP contribution is 2.49. The average Bonchev–Trinajstić information content (AvgIpc) is 2.82. The zero-order valence-electron chi connectivity index (χ0n) is 8.51. The summed E-state index contributed by atoms with van der Waals surface area (Å²) in [6, 6.07) is 0. The van der Waals surface area contributed by atoms with E-state index in [-0.39, 0.29) is 5.92 Å². The maximum Gasteiger partial charge on any atom is 0.256 e. The molecule has 0 aromatic heterocycles. The largest absolute Gasteiger partial charge is 0.383 e. The van der Waals surface area contributed by atoms with Gasteiger partial charge in [-0.2, -0.15) is 0 Å². The van der Waals surface area contributed by atoms with E-state index in [1.165, 1.54) is 0 Å². The predicted molar refractivity (Wildman–Crippen MR) is 49.5 cm³/mol. The van der Waals surface area contributed by atoms with Gasteiger partial charge in [-0.1, -0.05) is 0 Å². The molecule has 82 valence electrons. The first kappa shape index (κ1) is 10.3. The Morgan fingerprint density at radius 2 is 1.93 bits per heavy atom. The summed E-state index contributed by atoms with van der Waals surface area (Å²) in [5.41, 5.74) is 0. The number of hydrogen-bond donors (Lipinski definition) is 0. The Hall–Kier alpha value is -0.220. The number of ether oxygens (including phenoxy) is 1. The molecule has 0 unspecified atom stereocenters. The third-order valence-corrected chi connectivity index (χ3v) is 3.23. The lowest BCUT2D eigenvalue weighted by molar-refractivity contribution is -0.134. The van der Waals surface area contributed by atoms with E-state index in [1.807, 2.05) is 4.90 Å². The quantitative estimate of drug-likeness (QED) is 0.676. The molecule has 0 bridgehead atoms. The van der Waals surface area contributed by atoms with Gasteiger partial charge in [0.25, 0.3) is 5.92 Å². The van der Waals surface area contributed by atoms with Crippen LogP contribution in [0.4, 0.5) is 8.78 Å². The number of rotatable bonds is 5. The fraction of sp³-hybridized carbons (Fsp3) is 1.00. The molecule has 2 fully saturated rings. The van der Waals surface area contributed by atoms with Crippen LogP contribution in [0.2, 0.25) is 0 Å². The Balaban J connectivity index is 1.71. The summed E-state index contributed by atoms with van der Waals surface area (Å²) in [6.07, 6.45) is 1.45. The summed E-state index contributed by atoms with van der Waals surface area (Å²) in [4.78, 5) is 2.03. The SMILES string of the molecule is COCCN1CC(C(F)(F)C2CC2)C1. The van der Waals surface area contributed by atoms with Gasteiger partial charge in [0.05, 0.1) is 6.61 Å². The van der Waals surface area contributed by atoms with E-state index < -0.39 is 11.8 Å². The van der Waals surface area contributed by atoms with Crippen LogP contribution in [0.15, 0.2) is 0 Å². The lowest BCUT2D eigenvalue weighted by atomic mass is 9.90. The zero-order chi connectivity index (χ0) is 10.2. The predicted octanol–water partition coefficient (Wildman–Crippen LogP) is 1.61. The summed E-state index contributed by atoms with van der Waals surface area (Å²) in [5, 5.41) is 0. The van der Waals surface area contributed by atoms with Crippen LogP contribution in [0, 0.1) is 11.8 Å². The fourth-order valence-corrected chi connectivity index (χ4v) is 2.02. The molecule has 0 N–H and O–H groups in total. The molecule has 1 aliphatic heterocycles. The van der Waals surface area contributed by atoms with Crippen LogP contribution in [-0.4, -0.2) is 44.2 Å². The highest BCUT2D eigenvalue weighted by molar-refractivity contribution is 4.98. The number of alkyl halides is 2. The Labute approximate surface area is 83.2 Å². The van der Waals surface area contributed by atoms with E-state index in [4.69, 9.17) is 4.74 Å². The highest BCUT2D eigenvalue weighted by Gasteiger charge is 2.55. The Bertz CT molecular complexity index is 200. The molecule has 0 radical (unpaired) electrons. The maximum absolute atomic E-state index is 13.5. The molecule has 2 nitrogen and oxygen atoms in total. The molecule has 2 aliphatic rings. The third-order valence-electron chi connectivity index (χ3n) is 3.23. The lowest BCUT2D eigenvalue weighted by Gasteiger charge is -2.43. The second-order valence-corrected chi connectivity index (χ2v) is 4.40. The Morgan fingerprint density at radius 3 is 2.43 bits per heavy atom. The molecule has 0 spiro atoms. The molecular formula is C10H17F2NO. The molecule has 0 aromatic carbocycles. The van der Waals surface area contributed by atoms with Crippen LogP contribution in [0.25, 0.3) is 0 Å². The number of likely N-dealkylation sites (tertiary alicyclic amines) is 1. The van der Waals surface area contributed by atoms with Gasteiger partial charge in [0.15, 0.2) is 0 Å². The van der Waals surface area contributed by atoms with Crippen molar-refractivity contribution in [2.75, 3.05) is 33.4 Å². The van der Waals surface area contributed by atoms with Crippen LogP contribution < -0.4 is 0 Å². The van der Waals surface area contributed by atoms with Gasteiger partial charge >= 0.3 is 0 Å². The van der Waals surface area contributed by atoms with Crippen molar-refractivity contribution in [3.8, 4) is 0 Å². The van der Waals surface area contributed by atoms with Crippen molar-refractivity contribution in [2.45, 2.75) is 18.8 Å². The minimum atomic E-state index is -2.40.